The summed E-state index contributed by atoms with van der Waals surface area (Å²) in [5.74, 6) is 0.167. The second-order valence-corrected chi connectivity index (χ2v) is 5.41. The van der Waals surface area contributed by atoms with Gasteiger partial charge in [-0.25, -0.2) is 0 Å². The highest BCUT2D eigenvalue weighted by Gasteiger charge is 2.15. The Kier molecular flexibility index (Phi) is 4.58. The monoisotopic (exact) mass is 333 g/mol. The SMILES string of the molecule is CC(C)C(C)NC(=O)c1cc(I)ccc1O. The standard InChI is InChI=1S/C12H16INO2/c1-7(2)8(3)14-12(16)10-6-9(13)4-5-11(10)15/h4-8,15H,1-3H3,(H,14,16). The van der Waals surface area contributed by atoms with E-state index in [0.717, 1.165) is 3.57 Å². The Bertz CT molecular complexity index is 391. The first-order valence-corrected chi connectivity index (χ1v) is 6.29. The average molecular weight is 333 g/mol. The second kappa shape index (κ2) is 5.52. The zero-order chi connectivity index (χ0) is 12.3. The highest BCUT2D eigenvalue weighted by molar-refractivity contribution is 14.1. The molecule has 1 amide bonds. The van der Waals surface area contributed by atoms with Crippen molar-refractivity contribution in [1.29, 1.82) is 0 Å². The van der Waals surface area contributed by atoms with Gasteiger partial charge in [0.15, 0.2) is 0 Å². The van der Waals surface area contributed by atoms with Crippen molar-refractivity contribution < 1.29 is 9.90 Å². The molecule has 1 rings (SSSR count). The molecule has 0 fully saturated rings. The predicted octanol–water partition coefficient (Wildman–Crippen LogP) is 2.77. The third-order valence-corrected chi connectivity index (χ3v) is 3.23. The number of hydrogen-bond donors (Lipinski definition) is 2. The number of phenols is 1. The molecule has 88 valence electrons. The summed E-state index contributed by atoms with van der Waals surface area (Å²) in [6.07, 6.45) is 0. The Morgan fingerprint density at radius 1 is 1.38 bits per heavy atom. The Balaban J connectivity index is 2.84. The fourth-order valence-corrected chi connectivity index (χ4v) is 1.63. The summed E-state index contributed by atoms with van der Waals surface area (Å²) in [5.41, 5.74) is 0.333. The van der Waals surface area contributed by atoms with Crippen molar-refractivity contribution in [1.82, 2.24) is 5.32 Å². The fraction of sp³-hybridized carbons (Fsp3) is 0.417. The molecular formula is C12H16INO2. The summed E-state index contributed by atoms with van der Waals surface area (Å²) in [5, 5.41) is 12.5. The normalized spacial score (nSPS) is 12.6. The van der Waals surface area contributed by atoms with Gasteiger partial charge in [-0.3, -0.25) is 4.79 Å². The van der Waals surface area contributed by atoms with Crippen LogP contribution >= 0.6 is 22.6 Å². The van der Waals surface area contributed by atoms with Gasteiger partial charge in [0, 0.05) is 9.61 Å². The van der Waals surface area contributed by atoms with Gasteiger partial charge in [-0.15, -0.1) is 0 Å². The molecule has 0 radical (unpaired) electrons. The first kappa shape index (κ1) is 13.3. The molecule has 4 heteroatoms. The van der Waals surface area contributed by atoms with Gasteiger partial charge >= 0.3 is 0 Å². The lowest BCUT2D eigenvalue weighted by molar-refractivity contribution is 0.0928. The summed E-state index contributed by atoms with van der Waals surface area (Å²) in [7, 11) is 0. The Labute approximate surface area is 109 Å². The third-order valence-electron chi connectivity index (χ3n) is 2.56. The molecule has 1 atom stereocenters. The molecule has 0 aliphatic rings. The summed E-state index contributed by atoms with van der Waals surface area (Å²) in [6.45, 7) is 6.03. The summed E-state index contributed by atoms with van der Waals surface area (Å²) < 4.78 is 0.928. The van der Waals surface area contributed by atoms with Crippen molar-refractivity contribution in [2.24, 2.45) is 5.92 Å². The quantitative estimate of drug-likeness (QED) is 0.836. The zero-order valence-electron chi connectivity index (χ0n) is 9.62. The minimum Gasteiger partial charge on any atom is -0.507 e. The van der Waals surface area contributed by atoms with Crippen LogP contribution in [0, 0.1) is 9.49 Å². The number of nitrogens with one attached hydrogen (secondary N) is 1. The molecular weight excluding hydrogens is 317 g/mol. The summed E-state index contributed by atoms with van der Waals surface area (Å²) in [6, 6.07) is 5.07. The molecule has 0 saturated carbocycles. The van der Waals surface area contributed by atoms with Crippen LogP contribution in [-0.4, -0.2) is 17.1 Å². The number of rotatable bonds is 3. The summed E-state index contributed by atoms with van der Waals surface area (Å²) in [4.78, 5) is 11.9. The van der Waals surface area contributed by atoms with Crippen molar-refractivity contribution in [3.63, 3.8) is 0 Å². The molecule has 0 aliphatic heterocycles. The first-order valence-electron chi connectivity index (χ1n) is 5.21. The van der Waals surface area contributed by atoms with Gasteiger partial charge in [0.05, 0.1) is 5.56 Å². The number of halogens is 1. The van der Waals surface area contributed by atoms with Gasteiger partial charge < -0.3 is 10.4 Å². The predicted molar refractivity (Wildman–Crippen MR) is 72.6 cm³/mol. The highest BCUT2D eigenvalue weighted by atomic mass is 127. The van der Waals surface area contributed by atoms with Gasteiger partial charge in [0.25, 0.3) is 5.91 Å². The largest absolute Gasteiger partial charge is 0.507 e. The third kappa shape index (κ3) is 3.37. The minimum atomic E-state index is -0.225. The maximum atomic E-state index is 11.9. The van der Waals surface area contributed by atoms with Crippen LogP contribution < -0.4 is 5.32 Å². The smallest absolute Gasteiger partial charge is 0.255 e. The minimum absolute atomic E-state index is 0.0221. The molecule has 16 heavy (non-hydrogen) atoms. The van der Waals surface area contributed by atoms with Crippen LogP contribution in [0.2, 0.25) is 0 Å². The molecule has 1 aromatic rings. The van der Waals surface area contributed by atoms with E-state index in [2.05, 4.69) is 27.9 Å². The van der Waals surface area contributed by atoms with Gasteiger partial charge in [-0.05, 0) is 53.6 Å². The molecule has 0 heterocycles. The van der Waals surface area contributed by atoms with E-state index in [9.17, 15) is 9.90 Å². The van der Waals surface area contributed by atoms with Crippen molar-refractivity contribution in [2.45, 2.75) is 26.8 Å². The van der Waals surface area contributed by atoms with Gasteiger partial charge in [0.1, 0.15) is 5.75 Å². The topological polar surface area (TPSA) is 49.3 Å². The number of aromatic hydroxyl groups is 1. The maximum Gasteiger partial charge on any atom is 0.255 e. The highest BCUT2D eigenvalue weighted by Crippen LogP contribution is 2.19. The van der Waals surface area contributed by atoms with Crippen LogP contribution in [0.5, 0.6) is 5.75 Å². The fourth-order valence-electron chi connectivity index (χ4n) is 1.14. The number of benzene rings is 1. The van der Waals surface area contributed by atoms with Crippen LogP contribution in [0.25, 0.3) is 0 Å². The Morgan fingerprint density at radius 3 is 2.56 bits per heavy atom. The Morgan fingerprint density at radius 2 is 2.00 bits per heavy atom. The van der Waals surface area contributed by atoms with E-state index in [1.165, 1.54) is 6.07 Å². The van der Waals surface area contributed by atoms with E-state index >= 15 is 0 Å². The lowest BCUT2D eigenvalue weighted by atomic mass is 10.1. The number of carbonyl (C=O) groups excluding carboxylic acids is 1. The van der Waals surface area contributed by atoms with Crippen molar-refractivity contribution in [3.05, 3.63) is 27.3 Å². The van der Waals surface area contributed by atoms with Crippen molar-refractivity contribution in [3.8, 4) is 5.75 Å². The number of hydrogen-bond acceptors (Lipinski definition) is 2. The van der Waals surface area contributed by atoms with Crippen molar-refractivity contribution in [2.75, 3.05) is 0 Å². The van der Waals surface area contributed by atoms with Crippen LogP contribution in [0.15, 0.2) is 18.2 Å². The molecule has 0 saturated heterocycles. The van der Waals surface area contributed by atoms with Gasteiger partial charge in [0.2, 0.25) is 0 Å². The maximum absolute atomic E-state index is 11.9. The molecule has 1 unspecified atom stereocenters. The van der Waals surface area contributed by atoms with E-state index in [4.69, 9.17) is 0 Å². The second-order valence-electron chi connectivity index (χ2n) is 4.17. The molecule has 0 spiro atoms. The van der Waals surface area contributed by atoms with E-state index < -0.39 is 0 Å². The van der Waals surface area contributed by atoms with Crippen LogP contribution in [0.1, 0.15) is 31.1 Å². The number of phenolic OH excluding ortho intramolecular Hbond substituents is 1. The molecule has 2 N–H and O–H groups in total. The van der Waals surface area contributed by atoms with E-state index in [1.807, 2.05) is 20.8 Å². The van der Waals surface area contributed by atoms with Crippen LogP contribution in [-0.2, 0) is 0 Å². The molecule has 3 nitrogen and oxygen atoms in total. The lowest BCUT2D eigenvalue weighted by Crippen LogP contribution is -2.36. The van der Waals surface area contributed by atoms with Gasteiger partial charge in [-0.1, -0.05) is 13.8 Å². The molecule has 1 aromatic carbocycles. The number of amides is 1. The Hall–Kier alpha value is -0.780. The van der Waals surface area contributed by atoms with E-state index in [1.54, 1.807) is 12.1 Å². The van der Waals surface area contributed by atoms with Gasteiger partial charge in [-0.2, -0.15) is 0 Å². The summed E-state index contributed by atoms with van der Waals surface area (Å²) >= 11 is 2.11. The average Bonchev–Trinajstić information content (AvgIpc) is 2.21. The van der Waals surface area contributed by atoms with Crippen molar-refractivity contribution >= 4 is 28.5 Å². The van der Waals surface area contributed by atoms with Crippen LogP contribution in [0.3, 0.4) is 0 Å². The molecule has 0 aromatic heterocycles. The molecule has 0 bridgehead atoms. The lowest BCUT2D eigenvalue weighted by Gasteiger charge is -2.17. The zero-order valence-corrected chi connectivity index (χ0v) is 11.8. The van der Waals surface area contributed by atoms with E-state index in [0.29, 0.717) is 11.5 Å². The van der Waals surface area contributed by atoms with E-state index in [-0.39, 0.29) is 17.7 Å². The number of carbonyl (C=O) groups is 1. The molecule has 0 aliphatic carbocycles. The van der Waals surface area contributed by atoms with Crippen LogP contribution in [0.4, 0.5) is 0 Å². The first-order chi connectivity index (χ1) is 7.41.